The van der Waals surface area contributed by atoms with Crippen LogP contribution in [-0.4, -0.2) is 41.2 Å². The van der Waals surface area contributed by atoms with Gasteiger partial charge in [0, 0.05) is 31.5 Å². The molecule has 0 fully saturated rings. The molecule has 1 aliphatic heterocycles. The van der Waals surface area contributed by atoms with Gasteiger partial charge in [0.1, 0.15) is 0 Å². The van der Waals surface area contributed by atoms with Crippen LogP contribution in [0, 0.1) is 0 Å². The molecule has 0 spiro atoms. The van der Waals surface area contributed by atoms with Gasteiger partial charge in [-0.1, -0.05) is 30.3 Å². The summed E-state index contributed by atoms with van der Waals surface area (Å²) in [5.74, 6) is -0.291. The van der Waals surface area contributed by atoms with E-state index in [-0.39, 0.29) is 31.0 Å². The van der Waals surface area contributed by atoms with Crippen molar-refractivity contribution in [2.45, 2.75) is 32.4 Å². The largest absolute Gasteiger partial charge is 0.466 e. The standard InChI is InChI=1S/C20H25N3O3/c1-2-26-19(24)10-11-21-20(25)23-14-13-22-12-6-9-17(22)18(23)15-16-7-4-3-5-8-16/h3-9,12,18H,2,10-11,13-15H2,1H3,(H,21,25). The number of hydrogen-bond acceptors (Lipinski definition) is 3. The van der Waals surface area contributed by atoms with E-state index in [0.717, 1.165) is 18.7 Å². The summed E-state index contributed by atoms with van der Waals surface area (Å²) in [6.07, 6.45) is 3.01. The molecule has 138 valence electrons. The highest BCUT2D eigenvalue weighted by atomic mass is 16.5. The predicted octanol–water partition coefficient (Wildman–Crippen LogP) is 2.75. The lowest BCUT2D eigenvalue weighted by molar-refractivity contribution is -0.142. The van der Waals surface area contributed by atoms with E-state index >= 15 is 0 Å². The van der Waals surface area contributed by atoms with E-state index in [2.05, 4.69) is 34.3 Å². The summed E-state index contributed by atoms with van der Waals surface area (Å²) in [5.41, 5.74) is 2.33. The van der Waals surface area contributed by atoms with Crippen molar-refractivity contribution in [1.29, 1.82) is 0 Å². The quantitative estimate of drug-likeness (QED) is 0.811. The zero-order valence-electron chi connectivity index (χ0n) is 15.1. The molecule has 6 nitrogen and oxygen atoms in total. The van der Waals surface area contributed by atoms with Gasteiger partial charge in [-0.25, -0.2) is 4.79 Å². The number of benzene rings is 1. The zero-order valence-corrected chi connectivity index (χ0v) is 15.1. The van der Waals surface area contributed by atoms with Gasteiger partial charge < -0.3 is 19.5 Å². The van der Waals surface area contributed by atoms with Crippen molar-refractivity contribution in [3.63, 3.8) is 0 Å². The molecule has 26 heavy (non-hydrogen) atoms. The van der Waals surface area contributed by atoms with Crippen LogP contribution in [0.4, 0.5) is 4.79 Å². The molecule has 6 heteroatoms. The zero-order chi connectivity index (χ0) is 18.4. The fourth-order valence-electron chi connectivity index (χ4n) is 3.37. The number of nitrogens with one attached hydrogen (secondary N) is 1. The molecule has 3 rings (SSSR count). The Morgan fingerprint density at radius 3 is 2.73 bits per heavy atom. The Balaban J connectivity index is 1.68. The number of hydrogen-bond donors (Lipinski definition) is 1. The van der Waals surface area contributed by atoms with Crippen LogP contribution in [0.5, 0.6) is 0 Å². The third-order valence-corrected chi connectivity index (χ3v) is 4.61. The smallest absolute Gasteiger partial charge is 0.318 e. The Labute approximate surface area is 153 Å². The Kier molecular flexibility index (Phi) is 5.94. The molecule has 0 saturated heterocycles. The van der Waals surface area contributed by atoms with E-state index in [1.807, 2.05) is 29.2 Å². The fourth-order valence-corrected chi connectivity index (χ4v) is 3.37. The highest BCUT2D eigenvalue weighted by Gasteiger charge is 2.30. The third kappa shape index (κ3) is 4.25. The predicted molar refractivity (Wildman–Crippen MR) is 98.7 cm³/mol. The number of rotatable bonds is 6. The Morgan fingerprint density at radius 2 is 1.96 bits per heavy atom. The van der Waals surface area contributed by atoms with Crippen LogP contribution in [0.2, 0.25) is 0 Å². The fraction of sp³-hybridized carbons (Fsp3) is 0.400. The lowest BCUT2D eigenvalue weighted by atomic mass is 10.0. The van der Waals surface area contributed by atoms with E-state index in [0.29, 0.717) is 13.2 Å². The van der Waals surface area contributed by atoms with Crippen molar-refractivity contribution in [1.82, 2.24) is 14.8 Å². The molecule has 0 aliphatic carbocycles. The molecule has 1 aromatic carbocycles. The molecule has 0 radical (unpaired) electrons. The van der Waals surface area contributed by atoms with Crippen LogP contribution in [0.25, 0.3) is 0 Å². The molecule has 1 aromatic heterocycles. The summed E-state index contributed by atoms with van der Waals surface area (Å²) < 4.78 is 7.10. The van der Waals surface area contributed by atoms with Gasteiger partial charge in [-0.2, -0.15) is 0 Å². The summed E-state index contributed by atoms with van der Waals surface area (Å²) in [6.45, 7) is 3.83. The SMILES string of the molecule is CCOC(=O)CCNC(=O)N1CCn2cccc2C1Cc1ccccc1. The second-order valence-electron chi connectivity index (χ2n) is 6.31. The molecule has 2 amide bonds. The number of fused-ring (bicyclic) bond motifs is 1. The first kappa shape index (κ1) is 18.0. The minimum atomic E-state index is -0.291. The summed E-state index contributed by atoms with van der Waals surface area (Å²) in [7, 11) is 0. The average Bonchev–Trinajstić information content (AvgIpc) is 3.12. The van der Waals surface area contributed by atoms with E-state index in [1.165, 1.54) is 5.56 Å². The maximum absolute atomic E-state index is 12.7. The molecular weight excluding hydrogens is 330 g/mol. The molecule has 0 saturated carbocycles. The Bertz CT molecular complexity index is 742. The van der Waals surface area contributed by atoms with Crippen molar-refractivity contribution in [3.8, 4) is 0 Å². The van der Waals surface area contributed by atoms with Gasteiger partial charge in [0.25, 0.3) is 0 Å². The summed E-state index contributed by atoms with van der Waals surface area (Å²) >= 11 is 0. The Hall–Kier alpha value is -2.76. The number of amides is 2. The van der Waals surface area contributed by atoms with Gasteiger partial charge in [0.2, 0.25) is 0 Å². The second-order valence-corrected chi connectivity index (χ2v) is 6.31. The average molecular weight is 355 g/mol. The van der Waals surface area contributed by atoms with Gasteiger partial charge >= 0.3 is 12.0 Å². The third-order valence-electron chi connectivity index (χ3n) is 4.61. The lowest BCUT2D eigenvalue weighted by Gasteiger charge is -2.37. The topological polar surface area (TPSA) is 63.6 Å². The van der Waals surface area contributed by atoms with Gasteiger partial charge in [-0.3, -0.25) is 4.79 Å². The van der Waals surface area contributed by atoms with Crippen molar-refractivity contribution >= 4 is 12.0 Å². The normalized spacial score (nSPS) is 16.0. The number of ether oxygens (including phenoxy) is 1. The molecule has 1 aliphatic rings. The summed E-state index contributed by atoms with van der Waals surface area (Å²) in [6, 6.07) is 14.1. The first-order valence-corrected chi connectivity index (χ1v) is 9.08. The highest BCUT2D eigenvalue weighted by molar-refractivity contribution is 5.76. The van der Waals surface area contributed by atoms with Crippen molar-refractivity contribution < 1.29 is 14.3 Å². The number of aromatic nitrogens is 1. The van der Waals surface area contributed by atoms with Gasteiger partial charge in [0.15, 0.2) is 0 Å². The number of esters is 1. The van der Waals surface area contributed by atoms with Gasteiger partial charge in [-0.15, -0.1) is 0 Å². The molecule has 1 atom stereocenters. The first-order chi connectivity index (χ1) is 12.7. The molecule has 0 bridgehead atoms. The Morgan fingerprint density at radius 1 is 1.15 bits per heavy atom. The van der Waals surface area contributed by atoms with Crippen LogP contribution < -0.4 is 5.32 Å². The maximum Gasteiger partial charge on any atom is 0.318 e. The number of carbonyl (C=O) groups excluding carboxylic acids is 2. The molecule has 1 N–H and O–H groups in total. The van der Waals surface area contributed by atoms with Crippen molar-refractivity contribution in [3.05, 3.63) is 59.9 Å². The van der Waals surface area contributed by atoms with Crippen LogP contribution in [0.15, 0.2) is 48.7 Å². The van der Waals surface area contributed by atoms with Crippen LogP contribution >= 0.6 is 0 Å². The maximum atomic E-state index is 12.7. The molecule has 1 unspecified atom stereocenters. The van der Waals surface area contributed by atoms with Crippen LogP contribution in [0.1, 0.15) is 30.6 Å². The highest BCUT2D eigenvalue weighted by Crippen LogP contribution is 2.29. The van der Waals surface area contributed by atoms with Gasteiger partial charge in [-0.05, 0) is 31.0 Å². The minimum Gasteiger partial charge on any atom is -0.466 e. The molecule has 2 aromatic rings. The summed E-state index contributed by atoms with van der Waals surface area (Å²) in [5, 5.41) is 2.86. The number of urea groups is 1. The first-order valence-electron chi connectivity index (χ1n) is 9.08. The van der Waals surface area contributed by atoms with Crippen LogP contribution in [0.3, 0.4) is 0 Å². The lowest BCUT2D eigenvalue weighted by Crippen LogP contribution is -2.48. The number of nitrogens with zero attached hydrogens (tertiary/aromatic N) is 2. The van der Waals surface area contributed by atoms with Crippen molar-refractivity contribution in [2.75, 3.05) is 19.7 Å². The van der Waals surface area contributed by atoms with Crippen molar-refractivity contribution in [2.24, 2.45) is 0 Å². The minimum absolute atomic E-state index is 0.0243. The second kappa shape index (κ2) is 8.56. The molecule has 2 heterocycles. The molecular formula is C20H25N3O3. The van der Waals surface area contributed by atoms with Gasteiger partial charge in [0.05, 0.1) is 19.1 Å². The monoisotopic (exact) mass is 355 g/mol. The van der Waals surface area contributed by atoms with E-state index in [4.69, 9.17) is 4.74 Å². The van der Waals surface area contributed by atoms with Crippen LogP contribution in [-0.2, 0) is 22.5 Å². The van der Waals surface area contributed by atoms with E-state index in [1.54, 1.807) is 6.92 Å². The number of carbonyl (C=O) groups is 2. The summed E-state index contributed by atoms with van der Waals surface area (Å²) in [4.78, 5) is 26.0. The van der Waals surface area contributed by atoms with E-state index < -0.39 is 0 Å². The van der Waals surface area contributed by atoms with E-state index in [9.17, 15) is 9.59 Å².